The van der Waals surface area contributed by atoms with Gasteiger partial charge in [-0.3, -0.25) is 0 Å². The first kappa shape index (κ1) is 23.1. The summed E-state index contributed by atoms with van der Waals surface area (Å²) in [5.41, 5.74) is 7.10. The highest BCUT2D eigenvalue weighted by Crippen LogP contribution is 2.43. The number of benzene rings is 4. The van der Waals surface area contributed by atoms with Crippen molar-refractivity contribution < 1.29 is 20.1 Å². The van der Waals surface area contributed by atoms with E-state index >= 15 is 0 Å². The van der Waals surface area contributed by atoms with Crippen LogP contribution in [-0.4, -0.2) is 15.3 Å². The third-order valence-corrected chi connectivity index (χ3v) is 6.21. The smallest absolute Gasteiger partial charge is 0.129 e. The third-order valence-electron chi connectivity index (χ3n) is 6.21. The lowest BCUT2D eigenvalue weighted by atomic mass is 10.0. The highest BCUT2D eigenvalue weighted by Gasteiger charge is 2.20. The first-order chi connectivity index (χ1) is 16.1. The van der Waals surface area contributed by atoms with Gasteiger partial charge in [0.05, 0.1) is 11.4 Å². The maximum Gasteiger partial charge on any atom is 0.129 e. The van der Waals surface area contributed by atoms with Gasteiger partial charge in [-0.15, -0.1) is 0 Å². The van der Waals surface area contributed by atoms with Crippen LogP contribution >= 0.6 is 0 Å². The van der Waals surface area contributed by atoms with Crippen LogP contribution in [0.25, 0.3) is 0 Å². The molecule has 174 valence electrons. The molecule has 0 aromatic heterocycles. The molecule has 4 aromatic carbocycles. The molecule has 3 N–H and O–H groups in total. The third kappa shape index (κ3) is 4.50. The van der Waals surface area contributed by atoms with Gasteiger partial charge in [0.2, 0.25) is 0 Å². The second-order valence-corrected chi connectivity index (χ2v) is 8.70. The Hall–Kier alpha value is -4.12. The van der Waals surface area contributed by atoms with Crippen molar-refractivity contribution >= 4 is 17.1 Å². The molecule has 0 atom stereocenters. The Balaban J connectivity index is 1.88. The van der Waals surface area contributed by atoms with Crippen molar-refractivity contribution in [3.8, 4) is 28.7 Å². The zero-order chi connectivity index (χ0) is 24.6. The minimum atomic E-state index is 0.171. The SMILES string of the molecule is Cc1cc(Oc2cccc(N(c3cc(O)cc(C)c3C)c3cc(O)cc(C)c3C)c2)ccc1O. The summed E-state index contributed by atoms with van der Waals surface area (Å²) in [6.07, 6.45) is 0. The van der Waals surface area contributed by atoms with E-state index in [9.17, 15) is 15.3 Å². The number of hydrogen-bond donors (Lipinski definition) is 3. The van der Waals surface area contributed by atoms with Crippen LogP contribution in [0.1, 0.15) is 27.8 Å². The molecule has 4 aromatic rings. The Morgan fingerprint density at radius 1 is 0.588 bits per heavy atom. The van der Waals surface area contributed by atoms with Crippen molar-refractivity contribution in [2.75, 3.05) is 4.90 Å². The second kappa shape index (κ2) is 9.02. The fraction of sp³-hybridized carbons (Fsp3) is 0.172. The number of phenolic OH excluding ortho intramolecular Hbond substituents is 3. The molecule has 0 aliphatic heterocycles. The number of phenols is 3. The van der Waals surface area contributed by atoms with E-state index in [2.05, 4.69) is 0 Å². The van der Waals surface area contributed by atoms with Gasteiger partial charge in [-0.25, -0.2) is 0 Å². The molecule has 0 aliphatic rings. The summed E-state index contributed by atoms with van der Waals surface area (Å²) in [4.78, 5) is 2.03. The molecule has 0 amide bonds. The molecule has 0 bridgehead atoms. The minimum absolute atomic E-state index is 0.171. The van der Waals surface area contributed by atoms with Crippen molar-refractivity contribution in [3.05, 3.63) is 94.5 Å². The van der Waals surface area contributed by atoms with E-state index in [4.69, 9.17) is 4.74 Å². The zero-order valence-electron chi connectivity index (χ0n) is 20.0. The van der Waals surface area contributed by atoms with Crippen LogP contribution in [0.5, 0.6) is 28.7 Å². The Kier molecular flexibility index (Phi) is 6.12. The molecule has 5 nitrogen and oxygen atoms in total. The van der Waals surface area contributed by atoms with Crippen molar-refractivity contribution in [1.82, 2.24) is 0 Å². The fourth-order valence-corrected chi connectivity index (χ4v) is 4.03. The maximum atomic E-state index is 10.4. The van der Waals surface area contributed by atoms with E-state index in [-0.39, 0.29) is 17.2 Å². The second-order valence-electron chi connectivity index (χ2n) is 8.70. The van der Waals surface area contributed by atoms with Gasteiger partial charge in [-0.1, -0.05) is 6.07 Å². The maximum absolute atomic E-state index is 10.4. The molecular formula is C29H29NO4. The van der Waals surface area contributed by atoms with Gasteiger partial charge in [0, 0.05) is 23.9 Å². The molecule has 5 heteroatoms. The molecule has 34 heavy (non-hydrogen) atoms. The monoisotopic (exact) mass is 455 g/mol. The van der Waals surface area contributed by atoms with Crippen molar-refractivity contribution in [2.45, 2.75) is 34.6 Å². The molecule has 0 radical (unpaired) electrons. The minimum Gasteiger partial charge on any atom is -0.508 e. The van der Waals surface area contributed by atoms with Crippen LogP contribution in [0.15, 0.2) is 66.7 Å². The van der Waals surface area contributed by atoms with Crippen molar-refractivity contribution in [3.63, 3.8) is 0 Å². The molecule has 4 rings (SSSR count). The van der Waals surface area contributed by atoms with Crippen LogP contribution in [-0.2, 0) is 0 Å². The summed E-state index contributed by atoms with van der Waals surface area (Å²) in [6.45, 7) is 9.78. The summed E-state index contributed by atoms with van der Waals surface area (Å²) in [5.74, 6) is 1.80. The van der Waals surface area contributed by atoms with E-state index in [0.29, 0.717) is 11.5 Å². The van der Waals surface area contributed by atoms with Gasteiger partial charge >= 0.3 is 0 Å². The zero-order valence-corrected chi connectivity index (χ0v) is 20.0. The number of rotatable bonds is 5. The van der Waals surface area contributed by atoms with Gasteiger partial charge in [0.1, 0.15) is 28.7 Å². The molecule has 0 unspecified atom stereocenters. The van der Waals surface area contributed by atoms with Crippen LogP contribution < -0.4 is 9.64 Å². The quantitative estimate of drug-likeness (QED) is 0.289. The van der Waals surface area contributed by atoms with E-state index in [1.807, 2.05) is 63.8 Å². The van der Waals surface area contributed by atoms with Crippen LogP contribution in [0.2, 0.25) is 0 Å². The Morgan fingerprint density at radius 3 is 1.71 bits per heavy atom. The molecule has 0 aliphatic carbocycles. The normalized spacial score (nSPS) is 10.9. The van der Waals surface area contributed by atoms with E-state index < -0.39 is 0 Å². The average Bonchev–Trinajstić information content (AvgIpc) is 2.78. The lowest BCUT2D eigenvalue weighted by Crippen LogP contribution is -2.13. The number of nitrogens with zero attached hydrogens (tertiary/aromatic N) is 1. The number of aromatic hydroxyl groups is 3. The predicted molar refractivity (Wildman–Crippen MR) is 136 cm³/mol. The van der Waals surface area contributed by atoms with Gasteiger partial charge < -0.3 is 25.0 Å². The number of ether oxygens (including phenoxy) is 1. The highest BCUT2D eigenvalue weighted by molar-refractivity contribution is 5.83. The van der Waals surface area contributed by atoms with Crippen molar-refractivity contribution in [2.24, 2.45) is 0 Å². The van der Waals surface area contributed by atoms with Crippen molar-refractivity contribution in [1.29, 1.82) is 0 Å². The van der Waals surface area contributed by atoms with Gasteiger partial charge in [-0.05, 0) is 105 Å². The Labute approximate surface area is 200 Å². The molecule has 0 spiro atoms. The number of anilines is 3. The Bertz CT molecular complexity index is 1320. The van der Waals surface area contributed by atoms with Gasteiger partial charge in [-0.2, -0.15) is 0 Å². The largest absolute Gasteiger partial charge is 0.508 e. The first-order valence-corrected chi connectivity index (χ1v) is 11.1. The Morgan fingerprint density at radius 2 is 1.15 bits per heavy atom. The van der Waals surface area contributed by atoms with Crippen LogP contribution in [0.4, 0.5) is 17.1 Å². The lowest BCUT2D eigenvalue weighted by molar-refractivity contribution is 0.460. The molecule has 0 saturated carbocycles. The molecular weight excluding hydrogens is 426 g/mol. The first-order valence-electron chi connectivity index (χ1n) is 11.1. The summed E-state index contributed by atoms with van der Waals surface area (Å²) in [7, 11) is 0. The van der Waals surface area contributed by atoms with Gasteiger partial charge in [0.15, 0.2) is 0 Å². The van der Waals surface area contributed by atoms with Crippen LogP contribution in [0, 0.1) is 34.6 Å². The van der Waals surface area contributed by atoms with Gasteiger partial charge in [0.25, 0.3) is 0 Å². The topological polar surface area (TPSA) is 73.2 Å². The predicted octanol–water partition coefficient (Wildman–Crippen LogP) is 7.61. The van der Waals surface area contributed by atoms with E-state index in [0.717, 1.165) is 44.9 Å². The summed E-state index contributed by atoms with van der Waals surface area (Å²) in [5, 5.41) is 30.6. The average molecular weight is 456 g/mol. The number of hydrogen-bond acceptors (Lipinski definition) is 5. The highest BCUT2D eigenvalue weighted by atomic mass is 16.5. The lowest BCUT2D eigenvalue weighted by Gasteiger charge is -2.30. The van der Waals surface area contributed by atoms with E-state index in [1.165, 1.54) is 0 Å². The molecule has 0 heterocycles. The van der Waals surface area contributed by atoms with E-state index in [1.54, 1.807) is 42.5 Å². The fourth-order valence-electron chi connectivity index (χ4n) is 4.03. The molecule has 0 saturated heterocycles. The van der Waals surface area contributed by atoms with Crippen LogP contribution in [0.3, 0.4) is 0 Å². The number of aryl methyl sites for hydroxylation is 3. The summed E-state index contributed by atoms with van der Waals surface area (Å²) < 4.78 is 6.10. The standard InChI is InChI=1S/C29H29NO4/c1-17-11-23(31)15-27(20(17)4)30(28-16-24(32)12-18(2)21(28)5)22-7-6-8-25(14-22)34-26-9-10-29(33)19(3)13-26/h6-16,31-33H,1-5H3. The molecule has 0 fully saturated rings. The summed E-state index contributed by atoms with van der Waals surface area (Å²) in [6, 6.07) is 19.7. The summed E-state index contributed by atoms with van der Waals surface area (Å²) >= 11 is 0.